The monoisotopic (exact) mass is 110 g/mol. The van der Waals surface area contributed by atoms with E-state index in [4.69, 9.17) is 11.0 Å². The van der Waals surface area contributed by atoms with Gasteiger partial charge in [0.05, 0.1) is 18.2 Å². The van der Waals surface area contributed by atoms with Crippen molar-refractivity contribution in [3.05, 3.63) is 11.4 Å². The summed E-state index contributed by atoms with van der Waals surface area (Å²) in [6.07, 6.45) is 0. The fraction of sp³-hybridized carbons (Fsp3) is 0.250. The number of hydrogen-bond acceptors (Lipinski definition) is 4. The number of rotatable bonds is 0. The summed E-state index contributed by atoms with van der Waals surface area (Å²) in [4.78, 5) is 0. The number of nitriles is 1. The van der Waals surface area contributed by atoms with Crippen molar-refractivity contribution in [1.29, 1.82) is 5.26 Å². The third-order valence-electron chi connectivity index (χ3n) is 0.948. The molecule has 0 aromatic rings. The van der Waals surface area contributed by atoms with Gasteiger partial charge in [0.2, 0.25) is 0 Å². The molecule has 0 saturated carbocycles. The van der Waals surface area contributed by atoms with E-state index in [0.717, 1.165) is 0 Å². The molecule has 4 N–H and O–H groups in total. The second-order valence-corrected chi connectivity index (χ2v) is 1.48. The minimum absolute atomic E-state index is 0.438. The second-order valence-electron chi connectivity index (χ2n) is 1.48. The first-order valence-corrected chi connectivity index (χ1v) is 2.22. The van der Waals surface area contributed by atoms with Crippen molar-refractivity contribution in [1.82, 2.24) is 10.9 Å². The van der Waals surface area contributed by atoms with E-state index < -0.39 is 0 Å². The molecule has 42 valence electrons. The van der Waals surface area contributed by atoms with Crippen LogP contribution in [-0.2, 0) is 0 Å². The van der Waals surface area contributed by atoms with Crippen LogP contribution in [-0.4, -0.2) is 6.54 Å². The fourth-order valence-corrected chi connectivity index (χ4v) is 0.498. The topological polar surface area (TPSA) is 73.9 Å². The molecular formula is C4H6N4. The van der Waals surface area contributed by atoms with Gasteiger partial charge in [-0.1, -0.05) is 0 Å². The first-order chi connectivity index (χ1) is 3.84. The van der Waals surface area contributed by atoms with Crippen molar-refractivity contribution in [2.45, 2.75) is 0 Å². The number of nitrogens with one attached hydrogen (secondary N) is 2. The number of hydrazine groups is 1. The Hall–Kier alpha value is -1.21. The van der Waals surface area contributed by atoms with Gasteiger partial charge in [-0.15, -0.1) is 0 Å². The lowest BCUT2D eigenvalue weighted by Gasteiger charge is -1.91. The molecule has 1 aliphatic rings. The zero-order valence-electron chi connectivity index (χ0n) is 4.23. The molecule has 0 aromatic carbocycles. The van der Waals surface area contributed by atoms with Gasteiger partial charge in [-0.05, 0) is 0 Å². The second kappa shape index (κ2) is 1.72. The number of nitrogens with zero attached hydrogens (tertiary/aromatic N) is 1. The molecule has 8 heavy (non-hydrogen) atoms. The summed E-state index contributed by atoms with van der Waals surface area (Å²) >= 11 is 0. The van der Waals surface area contributed by atoms with Crippen LogP contribution in [0, 0.1) is 11.3 Å². The SMILES string of the molecule is N#CC1=C(N)NNC1. The van der Waals surface area contributed by atoms with Crippen LogP contribution in [0.2, 0.25) is 0 Å². The van der Waals surface area contributed by atoms with Gasteiger partial charge in [-0.25, -0.2) is 5.43 Å². The molecule has 0 aliphatic carbocycles. The molecule has 0 aromatic heterocycles. The van der Waals surface area contributed by atoms with Crippen LogP contribution in [0.25, 0.3) is 0 Å². The molecule has 1 rings (SSSR count). The Kier molecular flexibility index (Phi) is 1.06. The lowest BCUT2D eigenvalue weighted by atomic mass is 10.3. The van der Waals surface area contributed by atoms with Crippen molar-refractivity contribution < 1.29 is 0 Å². The van der Waals surface area contributed by atoms with E-state index in [1.54, 1.807) is 0 Å². The summed E-state index contributed by atoms with van der Waals surface area (Å²) in [5, 5.41) is 8.27. The molecule has 0 radical (unpaired) electrons. The quantitative estimate of drug-likeness (QED) is 0.365. The lowest BCUT2D eigenvalue weighted by molar-refractivity contribution is 0.693. The smallest absolute Gasteiger partial charge is 0.126 e. The largest absolute Gasteiger partial charge is 0.384 e. The first kappa shape index (κ1) is 4.94. The predicted molar refractivity (Wildman–Crippen MR) is 28.0 cm³/mol. The molecule has 0 amide bonds. The van der Waals surface area contributed by atoms with E-state index >= 15 is 0 Å². The van der Waals surface area contributed by atoms with E-state index in [1.165, 1.54) is 0 Å². The molecule has 0 spiro atoms. The van der Waals surface area contributed by atoms with E-state index in [0.29, 0.717) is 17.9 Å². The van der Waals surface area contributed by atoms with Gasteiger partial charge < -0.3 is 11.2 Å². The van der Waals surface area contributed by atoms with Crippen LogP contribution in [0.4, 0.5) is 0 Å². The molecular weight excluding hydrogens is 104 g/mol. The Morgan fingerprint density at radius 3 is 2.75 bits per heavy atom. The molecule has 4 heteroatoms. The maximum atomic E-state index is 8.27. The normalized spacial score (nSPS) is 17.9. The third kappa shape index (κ3) is 0.591. The zero-order valence-corrected chi connectivity index (χ0v) is 4.23. The summed E-state index contributed by atoms with van der Waals surface area (Å²) < 4.78 is 0. The maximum absolute atomic E-state index is 8.27. The van der Waals surface area contributed by atoms with Gasteiger partial charge in [0.1, 0.15) is 5.82 Å². The summed E-state index contributed by atoms with van der Waals surface area (Å²) in [6.45, 7) is 0.530. The van der Waals surface area contributed by atoms with E-state index in [-0.39, 0.29) is 0 Å². The molecule has 0 fully saturated rings. The molecule has 1 aliphatic heterocycles. The standard InChI is InChI=1S/C4H6N4/c5-1-3-2-7-8-4(3)6/h7-8H,2,6H2. The maximum Gasteiger partial charge on any atom is 0.126 e. The van der Waals surface area contributed by atoms with Gasteiger partial charge in [0.25, 0.3) is 0 Å². The van der Waals surface area contributed by atoms with Crippen molar-refractivity contribution in [3.8, 4) is 6.07 Å². The van der Waals surface area contributed by atoms with Crippen molar-refractivity contribution in [2.24, 2.45) is 5.73 Å². The molecule has 0 unspecified atom stereocenters. The highest BCUT2D eigenvalue weighted by molar-refractivity contribution is 5.28. The Morgan fingerprint density at radius 1 is 1.75 bits per heavy atom. The zero-order chi connectivity index (χ0) is 5.98. The van der Waals surface area contributed by atoms with Gasteiger partial charge in [0, 0.05) is 0 Å². The van der Waals surface area contributed by atoms with E-state index in [9.17, 15) is 0 Å². The van der Waals surface area contributed by atoms with Gasteiger partial charge in [-0.2, -0.15) is 5.26 Å². The summed E-state index contributed by atoms with van der Waals surface area (Å²) in [5.41, 5.74) is 11.2. The van der Waals surface area contributed by atoms with Gasteiger partial charge in [-0.3, -0.25) is 0 Å². The van der Waals surface area contributed by atoms with Crippen LogP contribution in [0.15, 0.2) is 11.4 Å². The van der Waals surface area contributed by atoms with Crippen LogP contribution in [0.5, 0.6) is 0 Å². The minimum atomic E-state index is 0.438. The first-order valence-electron chi connectivity index (χ1n) is 2.22. The Bertz CT molecular complexity index is 163. The van der Waals surface area contributed by atoms with E-state index in [1.807, 2.05) is 6.07 Å². The average Bonchev–Trinajstić information content (AvgIpc) is 2.14. The summed E-state index contributed by atoms with van der Waals surface area (Å²) in [6, 6.07) is 1.94. The highest BCUT2D eigenvalue weighted by atomic mass is 15.4. The Balaban J connectivity index is 2.77. The van der Waals surface area contributed by atoms with Gasteiger partial charge in [0.15, 0.2) is 0 Å². The molecule has 4 nitrogen and oxygen atoms in total. The molecule has 0 saturated heterocycles. The van der Waals surface area contributed by atoms with Gasteiger partial charge >= 0.3 is 0 Å². The van der Waals surface area contributed by atoms with E-state index in [2.05, 4.69) is 10.9 Å². The highest BCUT2D eigenvalue weighted by Crippen LogP contribution is 1.95. The lowest BCUT2D eigenvalue weighted by Crippen LogP contribution is -2.26. The van der Waals surface area contributed by atoms with Crippen molar-refractivity contribution in [2.75, 3.05) is 6.54 Å². The minimum Gasteiger partial charge on any atom is -0.384 e. The van der Waals surface area contributed by atoms with Crippen LogP contribution >= 0.6 is 0 Å². The highest BCUT2D eigenvalue weighted by Gasteiger charge is 2.07. The van der Waals surface area contributed by atoms with Crippen molar-refractivity contribution >= 4 is 0 Å². The van der Waals surface area contributed by atoms with Crippen LogP contribution in [0.3, 0.4) is 0 Å². The number of nitrogens with two attached hydrogens (primary N) is 1. The predicted octanol–water partition coefficient (Wildman–Crippen LogP) is -1.21. The molecule has 1 heterocycles. The fourth-order valence-electron chi connectivity index (χ4n) is 0.498. The Morgan fingerprint density at radius 2 is 2.50 bits per heavy atom. The summed E-state index contributed by atoms with van der Waals surface area (Å²) in [5.74, 6) is 0.438. The summed E-state index contributed by atoms with van der Waals surface area (Å²) in [7, 11) is 0. The molecule has 0 bridgehead atoms. The third-order valence-corrected chi connectivity index (χ3v) is 0.948. The van der Waals surface area contributed by atoms with Crippen LogP contribution in [0.1, 0.15) is 0 Å². The van der Waals surface area contributed by atoms with Crippen molar-refractivity contribution in [3.63, 3.8) is 0 Å². The Labute approximate surface area is 46.9 Å². The number of hydrogen-bond donors (Lipinski definition) is 3. The average molecular weight is 110 g/mol. The van der Waals surface area contributed by atoms with Crippen LogP contribution < -0.4 is 16.6 Å². The molecule has 0 atom stereocenters.